The second-order valence-electron chi connectivity index (χ2n) is 5.64. The van der Waals surface area contributed by atoms with E-state index in [0.717, 1.165) is 10.5 Å². The van der Waals surface area contributed by atoms with Crippen molar-refractivity contribution in [2.24, 2.45) is 5.41 Å². The van der Waals surface area contributed by atoms with Crippen LogP contribution in [0.15, 0.2) is 46.7 Å². The van der Waals surface area contributed by atoms with Crippen LogP contribution in [0.1, 0.15) is 18.4 Å². The van der Waals surface area contributed by atoms with E-state index in [-0.39, 0.29) is 5.91 Å². The fourth-order valence-corrected chi connectivity index (χ4v) is 3.18. The minimum absolute atomic E-state index is 0.302. The van der Waals surface area contributed by atoms with Gasteiger partial charge in [-0.15, -0.1) is 0 Å². The molecule has 0 saturated heterocycles. The van der Waals surface area contributed by atoms with Crippen LogP contribution in [0.3, 0.4) is 0 Å². The lowest BCUT2D eigenvalue weighted by molar-refractivity contribution is -0.150. The molecule has 1 amide bonds. The Morgan fingerprint density at radius 2 is 1.96 bits per heavy atom. The van der Waals surface area contributed by atoms with Gasteiger partial charge < -0.3 is 10.1 Å². The summed E-state index contributed by atoms with van der Waals surface area (Å²) >= 11 is 1.45. The summed E-state index contributed by atoms with van der Waals surface area (Å²) in [7, 11) is 1.30. The van der Waals surface area contributed by atoms with Crippen molar-refractivity contribution in [1.82, 2.24) is 9.97 Å². The highest BCUT2D eigenvalue weighted by molar-refractivity contribution is 7.99. The molecule has 0 bridgehead atoms. The number of nitrogens with zero attached hydrogens (tertiary/aromatic N) is 2. The Bertz CT molecular complexity index is 776. The highest BCUT2D eigenvalue weighted by atomic mass is 32.2. The molecule has 1 heterocycles. The summed E-state index contributed by atoms with van der Waals surface area (Å²) in [6.07, 6.45) is 4.45. The third kappa shape index (κ3) is 3.26. The SMILES string of the molecule is COC(=O)C1(C(=O)Nc2ccc(Sc3ncccn3)cc2C)CC1. The van der Waals surface area contributed by atoms with Crippen LogP contribution in [-0.2, 0) is 14.3 Å². The van der Waals surface area contributed by atoms with E-state index in [1.807, 2.05) is 25.1 Å². The van der Waals surface area contributed by atoms with E-state index < -0.39 is 11.4 Å². The van der Waals surface area contributed by atoms with Crippen LogP contribution in [0, 0.1) is 12.3 Å². The summed E-state index contributed by atoms with van der Waals surface area (Å²) < 4.78 is 4.74. The molecule has 6 nitrogen and oxygen atoms in total. The Morgan fingerprint density at radius 3 is 2.54 bits per heavy atom. The molecule has 0 spiro atoms. The van der Waals surface area contributed by atoms with E-state index >= 15 is 0 Å². The smallest absolute Gasteiger partial charge is 0.321 e. The number of anilines is 1. The molecule has 0 radical (unpaired) electrons. The van der Waals surface area contributed by atoms with Crippen LogP contribution in [0.4, 0.5) is 5.69 Å². The first-order chi connectivity index (χ1) is 11.5. The maximum absolute atomic E-state index is 12.4. The molecule has 124 valence electrons. The fourth-order valence-electron chi connectivity index (χ4n) is 2.37. The monoisotopic (exact) mass is 343 g/mol. The molecule has 0 aliphatic heterocycles. The van der Waals surface area contributed by atoms with Gasteiger partial charge in [0.05, 0.1) is 7.11 Å². The molecular formula is C17H17N3O3S. The number of rotatable bonds is 5. The number of aryl methyl sites for hydroxylation is 1. The van der Waals surface area contributed by atoms with Gasteiger partial charge >= 0.3 is 5.97 Å². The number of carbonyl (C=O) groups is 2. The van der Waals surface area contributed by atoms with Gasteiger partial charge in [-0.25, -0.2) is 9.97 Å². The molecule has 0 atom stereocenters. The third-order valence-electron chi connectivity index (χ3n) is 3.96. The number of benzene rings is 1. The number of ether oxygens (including phenoxy) is 1. The number of methoxy groups -OCH3 is 1. The zero-order valence-corrected chi connectivity index (χ0v) is 14.2. The topological polar surface area (TPSA) is 81.2 Å². The van der Waals surface area contributed by atoms with Crippen molar-refractivity contribution in [2.45, 2.75) is 29.8 Å². The quantitative estimate of drug-likeness (QED) is 0.511. The van der Waals surface area contributed by atoms with Gasteiger partial charge in [0.2, 0.25) is 5.91 Å². The molecule has 1 fully saturated rings. The largest absolute Gasteiger partial charge is 0.468 e. The Labute approximate surface area is 144 Å². The third-order valence-corrected chi connectivity index (χ3v) is 4.84. The average molecular weight is 343 g/mol. The molecule has 1 aromatic carbocycles. The van der Waals surface area contributed by atoms with Gasteiger partial charge in [-0.2, -0.15) is 0 Å². The standard InChI is InChI=1S/C17H17N3O3S/c1-11-10-12(24-16-18-8-3-9-19-16)4-5-13(11)20-14(21)17(6-7-17)15(22)23-2/h3-5,8-10H,6-7H2,1-2H3,(H,20,21). The van der Waals surface area contributed by atoms with Gasteiger partial charge in [0.25, 0.3) is 0 Å². The van der Waals surface area contributed by atoms with Crippen molar-refractivity contribution in [3.63, 3.8) is 0 Å². The minimum Gasteiger partial charge on any atom is -0.468 e. The van der Waals surface area contributed by atoms with Crippen molar-refractivity contribution in [3.05, 3.63) is 42.2 Å². The number of aromatic nitrogens is 2. The van der Waals surface area contributed by atoms with Crippen LogP contribution in [0.25, 0.3) is 0 Å². The van der Waals surface area contributed by atoms with E-state index in [2.05, 4.69) is 15.3 Å². The van der Waals surface area contributed by atoms with Crippen molar-refractivity contribution >= 4 is 29.3 Å². The van der Waals surface area contributed by atoms with Gasteiger partial charge in [-0.3, -0.25) is 9.59 Å². The molecule has 0 unspecified atom stereocenters. The molecule has 1 aliphatic carbocycles. The van der Waals surface area contributed by atoms with Crippen molar-refractivity contribution < 1.29 is 14.3 Å². The number of nitrogens with one attached hydrogen (secondary N) is 1. The maximum Gasteiger partial charge on any atom is 0.321 e. The normalized spacial score (nSPS) is 14.8. The van der Waals surface area contributed by atoms with Crippen molar-refractivity contribution in [2.75, 3.05) is 12.4 Å². The summed E-state index contributed by atoms with van der Waals surface area (Å²) in [5.74, 6) is -0.768. The van der Waals surface area contributed by atoms with Crippen LogP contribution in [0.5, 0.6) is 0 Å². The first kappa shape index (κ1) is 16.4. The predicted octanol–water partition coefficient (Wildman–Crippen LogP) is 2.83. The second kappa shape index (κ2) is 6.60. The Kier molecular flexibility index (Phi) is 4.53. The maximum atomic E-state index is 12.4. The van der Waals surface area contributed by atoms with Gasteiger partial charge in [-0.05, 0) is 61.4 Å². The Morgan fingerprint density at radius 1 is 1.25 bits per heavy atom. The second-order valence-corrected chi connectivity index (χ2v) is 6.68. The lowest BCUT2D eigenvalue weighted by atomic mass is 10.1. The van der Waals surface area contributed by atoms with Crippen LogP contribution in [0.2, 0.25) is 0 Å². The van der Waals surface area contributed by atoms with Gasteiger partial charge in [-0.1, -0.05) is 0 Å². The summed E-state index contributed by atoms with van der Waals surface area (Å²) in [6.45, 7) is 1.91. The highest BCUT2D eigenvalue weighted by Crippen LogP contribution is 2.47. The number of carbonyl (C=O) groups excluding carboxylic acids is 2. The lowest BCUT2D eigenvalue weighted by Gasteiger charge is -2.15. The molecule has 1 N–H and O–H groups in total. The molecule has 3 rings (SSSR count). The predicted molar refractivity (Wildman–Crippen MR) is 89.6 cm³/mol. The van der Waals surface area contributed by atoms with Gasteiger partial charge in [0.1, 0.15) is 5.41 Å². The van der Waals surface area contributed by atoms with E-state index in [1.165, 1.54) is 18.9 Å². The van der Waals surface area contributed by atoms with E-state index in [1.54, 1.807) is 18.5 Å². The first-order valence-corrected chi connectivity index (χ1v) is 8.32. The number of esters is 1. The average Bonchev–Trinajstić information content (AvgIpc) is 3.39. The van der Waals surface area contributed by atoms with E-state index in [9.17, 15) is 9.59 Å². The van der Waals surface area contributed by atoms with Crippen LogP contribution < -0.4 is 5.32 Å². The Hall–Kier alpha value is -2.41. The van der Waals surface area contributed by atoms with Crippen LogP contribution >= 0.6 is 11.8 Å². The summed E-state index contributed by atoms with van der Waals surface area (Å²) in [4.78, 5) is 33.5. The molecule has 1 aromatic heterocycles. The lowest BCUT2D eigenvalue weighted by Crippen LogP contribution is -2.32. The molecule has 2 aromatic rings. The zero-order chi connectivity index (χ0) is 17.2. The van der Waals surface area contributed by atoms with Crippen molar-refractivity contribution in [3.8, 4) is 0 Å². The zero-order valence-electron chi connectivity index (χ0n) is 13.4. The fraction of sp³-hybridized carbons (Fsp3) is 0.294. The molecule has 1 aliphatic rings. The Balaban J connectivity index is 1.71. The number of hydrogen-bond donors (Lipinski definition) is 1. The molecule has 24 heavy (non-hydrogen) atoms. The van der Waals surface area contributed by atoms with E-state index in [4.69, 9.17) is 4.74 Å². The molecular weight excluding hydrogens is 326 g/mol. The first-order valence-electron chi connectivity index (χ1n) is 7.50. The minimum atomic E-state index is -1.01. The summed E-state index contributed by atoms with van der Waals surface area (Å²) in [5.41, 5.74) is 0.588. The number of amides is 1. The summed E-state index contributed by atoms with van der Waals surface area (Å²) in [5, 5.41) is 3.50. The van der Waals surface area contributed by atoms with Gasteiger partial charge in [0.15, 0.2) is 5.16 Å². The summed E-state index contributed by atoms with van der Waals surface area (Å²) in [6, 6.07) is 7.44. The van der Waals surface area contributed by atoms with Crippen LogP contribution in [-0.4, -0.2) is 29.0 Å². The van der Waals surface area contributed by atoms with E-state index in [0.29, 0.717) is 23.7 Å². The number of hydrogen-bond acceptors (Lipinski definition) is 6. The molecule has 1 saturated carbocycles. The van der Waals surface area contributed by atoms with Crippen molar-refractivity contribution in [1.29, 1.82) is 0 Å². The molecule has 7 heteroatoms. The highest BCUT2D eigenvalue weighted by Gasteiger charge is 2.57. The van der Waals surface area contributed by atoms with Gasteiger partial charge in [0, 0.05) is 23.0 Å².